The molecule has 3 amide bonds. The lowest BCUT2D eigenvalue weighted by Gasteiger charge is -2.34. The largest absolute Gasteiger partial charge is 0.334 e. The number of amides is 3. The van der Waals surface area contributed by atoms with Crippen LogP contribution in [0.25, 0.3) is 0 Å². The molecule has 126 valence electrons. The third-order valence-corrected chi connectivity index (χ3v) is 5.35. The van der Waals surface area contributed by atoms with E-state index in [9.17, 15) is 14.0 Å². The van der Waals surface area contributed by atoms with Gasteiger partial charge in [0.25, 0.3) is 5.91 Å². The molecule has 0 spiro atoms. The summed E-state index contributed by atoms with van der Waals surface area (Å²) in [7, 11) is 0. The van der Waals surface area contributed by atoms with Gasteiger partial charge in [0, 0.05) is 31.9 Å². The average molecular weight is 412 g/mol. The quantitative estimate of drug-likeness (QED) is 0.819. The standard InChI is InChI=1S/C16H15BrFN3O2S/c17-14-6-5-13(24-14)15(22)20-7-9-21(10-8-20)16(23)19-12-3-1-11(18)2-4-12/h1-6H,7-10H2,(H,19,23). The van der Waals surface area contributed by atoms with Crippen LogP contribution in [0.2, 0.25) is 0 Å². The van der Waals surface area contributed by atoms with Crippen LogP contribution in [0.4, 0.5) is 14.9 Å². The number of nitrogens with one attached hydrogen (secondary N) is 1. The molecule has 1 aromatic carbocycles. The molecule has 0 saturated carbocycles. The number of halogens is 2. The number of thiophene rings is 1. The van der Waals surface area contributed by atoms with E-state index in [4.69, 9.17) is 0 Å². The Bertz CT molecular complexity index is 742. The van der Waals surface area contributed by atoms with Crippen molar-refractivity contribution in [2.75, 3.05) is 31.5 Å². The van der Waals surface area contributed by atoms with Gasteiger partial charge in [-0.1, -0.05) is 0 Å². The van der Waals surface area contributed by atoms with E-state index in [1.54, 1.807) is 15.9 Å². The van der Waals surface area contributed by atoms with Gasteiger partial charge in [-0.3, -0.25) is 4.79 Å². The number of piperazine rings is 1. The van der Waals surface area contributed by atoms with Crippen molar-refractivity contribution in [3.05, 3.63) is 50.9 Å². The summed E-state index contributed by atoms with van der Waals surface area (Å²) in [6.45, 7) is 1.91. The molecule has 0 bridgehead atoms. The molecule has 8 heteroatoms. The minimum absolute atomic E-state index is 0.00991. The van der Waals surface area contributed by atoms with E-state index in [0.717, 1.165) is 3.79 Å². The van der Waals surface area contributed by atoms with Gasteiger partial charge in [0.2, 0.25) is 0 Å². The Balaban J connectivity index is 1.53. The minimum atomic E-state index is -0.347. The van der Waals surface area contributed by atoms with E-state index >= 15 is 0 Å². The Kier molecular flexibility index (Phi) is 5.15. The number of rotatable bonds is 2. The normalized spacial score (nSPS) is 14.6. The Morgan fingerprint density at radius 3 is 2.21 bits per heavy atom. The number of benzene rings is 1. The van der Waals surface area contributed by atoms with Crippen molar-refractivity contribution in [2.24, 2.45) is 0 Å². The van der Waals surface area contributed by atoms with E-state index < -0.39 is 0 Å². The highest BCUT2D eigenvalue weighted by atomic mass is 79.9. The maximum atomic E-state index is 12.9. The topological polar surface area (TPSA) is 52.7 Å². The fraction of sp³-hybridized carbons (Fsp3) is 0.250. The number of hydrogen-bond acceptors (Lipinski definition) is 3. The van der Waals surface area contributed by atoms with Gasteiger partial charge in [0.1, 0.15) is 5.82 Å². The predicted molar refractivity (Wildman–Crippen MR) is 94.9 cm³/mol. The molecule has 2 aromatic rings. The Hall–Kier alpha value is -1.93. The third-order valence-electron chi connectivity index (χ3n) is 3.73. The Labute approximate surface area is 151 Å². The second-order valence-corrected chi connectivity index (χ2v) is 7.78. The summed E-state index contributed by atoms with van der Waals surface area (Å²) in [6.07, 6.45) is 0. The van der Waals surface area contributed by atoms with Crippen molar-refractivity contribution < 1.29 is 14.0 Å². The van der Waals surface area contributed by atoms with Crippen LogP contribution in [-0.4, -0.2) is 47.9 Å². The number of carbonyl (C=O) groups is 2. The highest BCUT2D eigenvalue weighted by molar-refractivity contribution is 9.11. The lowest BCUT2D eigenvalue weighted by molar-refractivity contribution is 0.0676. The molecule has 5 nitrogen and oxygen atoms in total. The average Bonchev–Trinajstić information content (AvgIpc) is 3.03. The first kappa shape index (κ1) is 16.9. The molecule has 0 aliphatic carbocycles. The van der Waals surface area contributed by atoms with Crippen molar-refractivity contribution >= 4 is 44.9 Å². The predicted octanol–water partition coefficient (Wildman–Crippen LogP) is 3.64. The van der Waals surface area contributed by atoms with Gasteiger partial charge in [0.05, 0.1) is 8.66 Å². The van der Waals surface area contributed by atoms with Gasteiger partial charge in [-0.05, 0) is 52.3 Å². The number of anilines is 1. The first-order valence-electron chi connectivity index (χ1n) is 7.39. The molecule has 24 heavy (non-hydrogen) atoms. The van der Waals surface area contributed by atoms with Crippen LogP contribution >= 0.6 is 27.3 Å². The molecule has 1 aliphatic rings. The summed E-state index contributed by atoms with van der Waals surface area (Å²) >= 11 is 4.75. The maximum absolute atomic E-state index is 12.9. The molecule has 0 unspecified atom stereocenters. The van der Waals surface area contributed by atoms with Crippen LogP contribution in [0.3, 0.4) is 0 Å². The van der Waals surface area contributed by atoms with Crippen molar-refractivity contribution in [1.82, 2.24) is 9.80 Å². The van der Waals surface area contributed by atoms with Gasteiger partial charge in [-0.2, -0.15) is 0 Å². The first-order chi connectivity index (χ1) is 11.5. The summed E-state index contributed by atoms with van der Waals surface area (Å²) in [5.74, 6) is -0.357. The van der Waals surface area contributed by atoms with Crippen LogP contribution in [0.5, 0.6) is 0 Å². The van der Waals surface area contributed by atoms with Gasteiger partial charge < -0.3 is 15.1 Å². The van der Waals surface area contributed by atoms with Crippen molar-refractivity contribution in [1.29, 1.82) is 0 Å². The Morgan fingerprint density at radius 1 is 1.00 bits per heavy atom. The lowest BCUT2D eigenvalue weighted by Crippen LogP contribution is -2.51. The van der Waals surface area contributed by atoms with E-state index in [0.29, 0.717) is 36.7 Å². The van der Waals surface area contributed by atoms with E-state index in [-0.39, 0.29) is 17.8 Å². The molecule has 0 radical (unpaired) electrons. The number of hydrogen-bond donors (Lipinski definition) is 1. The van der Waals surface area contributed by atoms with Crippen LogP contribution in [0.15, 0.2) is 40.2 Å². The smallest absolute Gasteiger partial charge is 0.321 e. The van der Waals surface area contributed by atoms with E-state index in [1.165, 1.54) is 35.6 Å². The zero-order valence-corrected chi connectivity index (χ0v) is 15.1. The van der Waals surface area contributed by atoms with Crippen LogP contribution in [-0.2, 0) is 0 Å². The SMILES string of the molecule is O=C(Nc1ccc(F)cc1)N1CCN(C(=O)c2ccc(Br)s2)CC1. The highest BCUT2D eigenvalue weighted by Crippen LogP contribution is 2.23. The molecule has 1 aliphatic heterocycles. The molecule has 1 aromatic heterocycles. The minimum Gasteiger partial charge on any atom is -0.334 e. The zero-order chi connectivity index (χ0) is 17.1. The molecule has 1 N–H and O–H groups in total. The summed E-state index contributed by atoms with van der Waals surface area (Å²) < 4.78 is 13.8. The molecular weight excluding hydrogens is 397 g/mol. The van der Waals surface area contributed by atoms with Crippen molar-refractivity contribution in [3.63, 3.8) is 0 Å². The second kappa shape index (κ2) is 7.31. The summed E-state index contributed by atoms with van der Waals surface area (Å²) in [5.41, 5.74) is 0.545. The number of nitrogens with zero attached hydrogens (tertiary/aromatic N) is 2. The first-order valence-corrected chi connectivity index (χ1v) is 9.00. The summed E-state index contributed by atoms with van der Waals surface area (Å²) in [5, 5.41) is 2.73. The fourth-order valence-corrected chi connectivity index (χ4v) is 3.79. The maximum Gasteiger partial charge on any atom is 0.321 e. The van der Waals surface area contributed by atoms with E-state index in [1.807, 2.05) is 6.07 Å². The monoisotopic (exact) mass is 411 g/mol. The number of carbonyl (C=O) groups excluding carboxylic acids is 2. The van der Waals surface area contributed by atoms with Crippen LogP contribution in [0, 0.1) is 5.82 Å². The molecule has 3 rings (SSSR count). The number of urea groups is 1. The van der Waals surface area contributed by atoms with Crippen LogP contribution < -0.4 is 5.32 Å². The molecule has 2 heterocycles. The fourth-order valence-electron chi connectivity index (χ4n) is 2.43. The molecular formula is C16H15BrFN3O2S. The Morgan fingerprint density at radius 2 is 1.62 bits per heavy atom. The molecule has 0 atom stereocenters. The highest BCUT2D eigenvalue weighted by Gasteiger charge is 2.25. The molecule has 1 fully saturated rings. The summed E-state index contributed by atoms with van der Waals surface area (Å²) in [4.78, 5) is 28.7. The van der Waals surface area contributed by atoms with Crippen molar-refractivity contribution in [2.45, 2.75) is 0 Å². The van der Waals surface area contributed by atoms with Gasteiger partial charge >= 0.3 is 6.03 Å². The van der Waals surface area contributed by atoms with Gasteiger partial charge in [0.15, 0.2) is 0 Å². The lowest BCUT2D eigenvalue weighted by atomic mass is 10.3. The molecule has 1 saturated heterocycles. The third kappa shape index (κ3) is 3.93. The van der Waals surface area contributed by atoms with Crippen LogP contribution in [0.1, 0.15) is 9.67 Å². The van der Waals surface area contributed by atoms with E-state index in [2.05, 4.69) is 21.2 Å². The van der Waals surface area contributed by atoms with Crippen molar-refractivity contribution in [3.8, 4) is 0 Å². The zero-order valence-electron chi connectivity index (χ0n) is 12.7. The van der Waals surface area contributed by atoms with Gasteiger partial charge in [-0.25, -0.2) is 9.18 Å². The van der Waals surface area contributed by atoms with Gasteiger partial charge in [-0.15, -0.1) is 11.3 Å². The second-order valence-electron chi connectivity index (χ2n) is 5.32. The summed E-state index contributed by atoms with van der Waals surface area (Å²) in [6, 6.07) is 9.03.